The Hall–Kier alpha value is -1.56. The van der Waals surface area contributed by atoms with Crippen LogP contribution in [0.15, 0.2) is 109 Å². The van der Waals surface area contributed by atoms with Gasteiger partial charge in [0.05, 0.1) is 0 Å². The van der Waals surface area contributed by atoms with Gasteiger partial charge in [0.1, 0.15) is 0 Å². The molecule has 0 heterocycles. The van der Waals surface area contributed by atoms with Crippen LogP contribution in [0.1, 0.15) is 17.5 Å². The smallest absolute Gasteiger partial charge is 0 e. The fourth-order valence-electron chi connectivity index (χ4n) is 2.30. The van der Waals surface area contributed by atoms with Gasteiger partial charge in [0, 0.05) is 34.1 Å². The molecule has 0 saturated heterocycles. The van der Waals surface area contributed by atoms with Crippen LogP contribution >= 0.6 is 0 Å². The zero-order chi connectivity index (χ0) is 16.0. The van der Waals surface area contributed by atoms with Crippen molar-refractivity contribution >= 4 is 0 Å². The quantitative estimate of drug-likeness (QED) is 0.281. The third kappa shape index (κ3) is 11.6. The largest absolute Gasteiger partial charge is 0.214 e. The Morgan fingerprint density at radius 3 is 1.04 bits per heavy atom. The Kier molecular flexibility index (Phi) is 14.9. The zero-order valence-electron chi connectivity index (χ0n) is 14.2. The number of hydrogen-bond acceptors (Lipinski definition) is 0. The summed E-state index contributed by atoms with van der Waals surface area (Å²) in [4.78, 5) is 0. The van der Waals surface area contributed by atoms with Crippen molar-refractivity contribution in [1.82, 2.24) is 0 Å². The van der Waals surface area contributed by atoms with E-state index in [9.17, 15) is 0 Å². The summed E-state index contributed by atoms with van der Waals surface area (Å²) >= 11 is 0. The molecule has 0 spiro atoms. The first-order valence-corrected chi connectivity index (χ1v) is 8.20. The molecule has 25 heavy (non-hydrogen) atoms. The van der Waals surface area contributed by atoms with Gasteiger partial charge in [0.25, 0.3) is 0 Å². The minimum absolute atomic E-state index is 0. The van der Waals surface area contributed by atoms with E-state index in [0.717, 1.165) is 0 Å². The summed E-state index contributed by atoms with van der Waals surface area (Å²) in [5, 5.41) is 0. The number of hydrogen-bond donors (Lipinski definition) is 0. The van der Waals surface area contributed by atoms with E-state index in [-0.39, 0.29) is 34.1 Å². The fraction of sp³-hybridized carbons (Fsp3) is 0.130. The maximum absolute atomic E-state index is 2.20. The molecule has 0 unspecified atom stereocenters. The molecular weight excluding hydrogens is 388 g/mol. The molecule has 0 aromatic heterocycles. The van der Waals surface area contributed by atoms with Crippen molar-refractivity contribution in [2.45, 2.75) is 19.3 Å². The van der Waals surface area contributed by atoms with Crippen molar-refractivity contribution in [2.24, 2.45) is 0 Å². The van der Waals surface area contributed by atoms with Crippen molar-refractivity contribution in [1.29, 1.82) is 0 Å². The van der Waals surface area contributed by atoms with Crippen LogP contribution in [0.25, 0.3) is 0 Å². The van der Waals surface area contributed by atoms with E-state index in [1.807, 2.05) is 60.7 Å². The van der Waals surface area contributed by atoms with Crippen LogP contribution in [-0.2, 0) is 47.0 Å². The van der Waals surface area contributed by atoms with E-state index < -0.39 is 0 Å². The van der Waals surface area contributed by atoms with Gasteiger partial charge in [0.2, 0.25) is 0 Å². The molecule has 4 rings (SSSR count). The second kappa shape index (κ2) is 15.9. The first-order valence-electron chi connectivity index (χ1n) is 8.20. The van der Waals surface area contributed by atoms with Gasteiger partial charge < -0.3 is 0 Å². The summed E-state index contributed by atoms with van der Waals surface area (Å²) < 4.78 is 0. The Morgan fingerprint density at radius 2 is 0.800 bits per heavy atom. The van der Waals surface area contributed by atoms with Crippen LogP contribution in [0.5, 0.6) is 0 Å². The average Bonchev–Trinajstić information content (AvgIpc) is 3.39. The Morgan fingerprint density at radius 1 is 0.480 bits per heavy atom. The zero-order valence-corrected chi connectivity index (χ0v) is 16.4. The van der Waals surface area contributed by atoms with E-state index in [2.05, 4.69) is 48.5 Å². The Labute approximate surface area is 173 Å². The van der Waals surface area contributed by atoms with Gasteiger partial charge in [-0.3, -0.25) is 0 Å². The van der Waals surface area contributed by atoms with Crippen LogP contribution in [0.2, 0.25) is 0 Å². The molecule has 136 valence electrons. The molecule has 0 bridgehead atoms. The van der Waals surface area contributed by atoms with Crippen LogP contribution < -0.4 is 0 Å². The molecule has 0 atom stereocenters. The van der Waals surface area contributed by atoms with Gasteiger partial charge >= 0.3 is 0 Å². The number of rotatable bonds is 4. The van der Waals surface area contributed by atoms with Crippen molar-refractivity contribution < 1.29 is 34.1 Å². The Balaban J connectivity index is 0.000000400. The first kappa shape index (κ1) is 23.4. The summed E-state index contributed by atoms with van der Waals surface area (Å²) in [6, 6.07) is 37.2. The predicted octanol–water partition coefficient (Wildman–Crippen LogP) is 6.11. The van der Waals surface area contributed by atoms with Crippen LogP contribution in [0.4, 0.5) is 0 Å². The summed E-state index contributed by atoms with van der Waals surface area (Å²) in [5.41, 5.74) is 2.93. The molecule has 0 amide bonds. The molecular formula is C23H24Fe2-4. The molecule has 0 aliphatic rings. The van der Waals surface area contributed by atoms with E-state index in [1.165, 1.54) is 30.4 Å². The molecule has 2 heteroatoms. The maximum atomic E-state index is 2.20. The normalized spacial score (nSPS) is 8.64. The second-order valence-corrected chi connectivity index (χ2v) is 5.36. The third-order valence-corrected chi connectivity index (χ3v) is 3.51. The van der Waals surface area contributed by atoms with Gasteiger partial charge in [0.15, 0.2) is 0 Å². The molecule has 0 aliphatic carbocycles. The average molecular weight is 412 g/mol. The van der Waals surface area contributed by atoms with Crippen LogP contribution in [0, 0.1) is 0 Å². The molecule has 0 fully saturated rings. The molecule has 0 radical (unpaired) electrons. The van der Waals surface area contributed by atoms with Crippen molar-refractivity contribution in [3.05, 3.63) is 120 Å². The van der Waals surface area contributed by atoms with E-state index >= 15 is 0 Å². The second-order valence-electron chi connectivity index (χ2n) is 5.36. The number of aryl methyl sites for hydroxylation is 2. The van der Waals surface area contributed by atoms with Crippen molar-refractivity contribution in [3.8, 4) is 0 Å². The van der Waals surface area contributed by atoms with E-state index in [4.69, 9.17) is 0 Å². The maximum Gasteiger partial charge on any atom is 0 e. The SMILES string of the molecule is [Fe].[Fe].c1cc[c-](CCC[c-]2cccc2)c1.c1cc[cH-]c1.c1cc[cH-]c1. The first-order chi connectivity index (χ1) is 11.4. The summed E-state index contributed by atoms with van der Waals surface area (Å²) in [6.07, 6.45) is 3.67. The molecule has 4 aromatic carbocycles. The molecule has 0 N–H and O–H groups in total. The topological polar surface area (TPSA) is 0 Å². The van der Waals surface area contributed by atoms with E-state index in [1.54, 1.807) is 0 Å². The third-order valence-electron chi connectivity index (χ3n) is 3.51. The van der Waals surface area contributed by atoms with Gasteiger partial charge in [-0.2, -0.15) is 71.8 Å². The molecule has 0 nitrogen and oxygen atoms in total. The van der Waals surface area contributed by atoms with Crippen molar-refractivity contribution in [2.75, 3.05) is 0 Å². The predicted molar refractivity (Wildman–Crippen MR) is 100 cm³/mol. The summed E-state index contributed by atoms with van der Waals surface area (Å²) in [7, 11) is 0. The summed E-state index contributed by atoms with van der Waals surface area (Å²) in [6.45, 7) is 0. The van der Waals surface area contributed by atoms with E-state index in [0.29, 0.717) is 0 Å². The molecule has 0 saturated carbocycles. The molecule has 0 aliphatic heterocycles. The minimum atomic E-state index is 0. The van der Waals surface area contributed by atoms with Gasteiger partial charge in [-0.15, -0.1) is 0 Å². The Bertz CT molecular complexity index is 547. The fourth-order valence-corrected chi connectivity index (χ4v) is 2.30. The molecule has 4 aromatic rings. The van der Waals surface area contributed by atoms with Gasteiger partial charge in [-0.05, 0) is 0 Å². The van der Waals surface area contributed by atoms with Crippen LogP contribution in [0.3, 0.4) is 0 Å². The summed E-state index contributed by atoms with van der Waals surface area (Å²) in [5.74, 6) is 0. The van der Waals surface area contributed by atoms with Crippen molar-refractivity contribution in [3.63, 3.8) is 0 Å². The standard InChI is InChI=1S/C13H14.2C5H5.2Fe/c1-2-7-12(6-1)10-5-11-13-8-3-4-9-13;2*1-2-4-5-3-1;;/h1-4,6-9H,5,10-11H2;2*1-5H;;/q-2;2*-1;;. The van der Waals surface area contributed by atoms with Gasteiger partial charge in [-0.1, -0.05) is 19.3 Å². The minimum Gasteiger partial charge on any atom is -0.214 e. The van der Waals surface area contributed by atoms with Crippen LogP contribution in [-0.4, -0.2) is 0 Å². The van der Waals surface area contributed by atoms with Gasteiger partial charge in [-0.25, -0.2) is 48.5 Å². The monoisotopic (exact) mass is 412 g/mol.